The topological polar surface area (TPSA) is 63.4 Å². The highest BCUT2D eigenvalue weighted by Gasteiger charge is 2.27. The van der Waals surface area contributed by atoms with Crippen LogP contribution in [0.4, 0.5) is 5.69 Å². The minimum Gasteiger partial charge on any atom is -0.352 e. The van der Waals surface area contributed by atoms with Gasteiger partial charge >= 0.3 is 0 Å². The zero-order valence-corrected chi connectivity index (χ0v) is 14.2. The predicted octanol–water partition coefficient (Wildman–Crippen LogP) is 4.05. The van der Waals surface area contributed by atoms with Gasteiger partial charge in [-0.05, 0) is 39.2 Å². The Labute approximate surface area is 139 Å². The maximum absolute atomic E-state index is 11.2. The summed E-state index contributed by atoms with van der Waals surface area (Å²) < 4.78 is 0.719. The molecule has 0 amide bonds. The molecule has 2 rings (SSSR count). The van der Waals surface area contributed by atoms with E-state index in [1.807, 2.05) is 0 Å². The standard InChI is InChI=1S/C15H18N2O3S2/c1-10-4-3-5-11(2)16(10)15(21)22-14-7-6-13(17(19)20)8-12(14)9-18/h6-11H,3-5H2,1-2H3. The highest BCUT2D eigenvalue weighted by Crippen LogP contribution is 2.32. The second-order valence-corrected chi connectivity index (χ2v) is 7.18. The van der Waals surface area contributed by atoms with Gasteiger partial charge in [-0.1, -0.05) is 24.0 Å². The van der Waals surface area contributed by atoms with Gasteiger partial charge in [0.25, 0.3) is 5.69 Å². The fourth-order valence-electron chi connectivity index (χ4n) is 2.76. The van der Waals surface area contributed by atoms with Crippen molar-refractivity contribution in [3.8, 4) is 0 Å². The van der Waals surface area contributed by atoms with Gasteiger partial charge in [0.2, 0.25) is 0 Å². The summed E-state index contributed by atoms with van der Waals surface area (Å²) >= 11 is 6.87. The zero-order valence-electron chi connectivity index (χ0n) is 12.5. The predicted molar refractivity (Wildman–Crippen MR) is 91.6 cm³/mol. The molecule has 1 aromatic carbocycles. The molecule has 0 aromatic heterocycles. The molecule has 1 saturated heterocycles. The summed E-state index contributed by atoms with van der Waals surface area (Å²) in [7, 11) is 0. The number of thiocarbonyl (C=S) groups is 1. The van der Waals surface area contributed by atoms with Crippen LogP contribution in [0.15, 0.2) is 23.1 Å². The van der Waals surface area contributed by atoms with Gasteiger partial charge < -0.3 is 4.90 Å². The average Bonchev–Trinajstić information content (AvgIpc) is 2.47. The fraction of sp³-hybridized carbons (Fsp3) is 0.467. The van der Waals surface area contributed by atoms with Gasteiger partial charge in [-0.2, -0.15) is 0 Å². The summed E-state index contributed by atoms with van der Waals surface area (Å²) in [5.74, 6) is 0. The third kappa shape index (κ3) is 3.64. The number of benzene rings is 1. The van der Waals surface area contributed by atoms with Crippen LogP contribution in [0, 0.1) is 10.1 Å². The molecule has 7 heteroatoms. The number of carbonyl (C=O) groups excluding carboxylic acids is 1. The van der Waals surface area contributed by atoms with Gasteiger partial charge in [0.15, 0.2) is 6.29 Å². The van der Waals surface area contributed by atoms with Crippen LogP contribution < -0.4 is 0 Å². The number of nitro groups is 1. The van der Waals surface area contributed by atoms with Crippen LogP contribution in [-0.4, -0.2) is 32.5 Å². The van der Waals surface area contributed by atoms with Gasteiger partial charge in [-0.3, -0.25) is 14.9 Å². The first-order valence-electron chi connectivity index (χ1n) is 7.17. The Morgan fingerprint density at radius 1 is 1.41 bits per heavy atom. The van der Waals surface area contributed by atoms with Crippen molar-refractivity contribution in [1.29, 1.82) is 0 Å². The highest BCUT2D eigenvalue weighted by molar-refractivity contribution is 8.23. The number of aldehydes is 1. The molecule has 0 bridgehead atoms. The highest BCUT2D eigenvalue weighted by atomic mass is 32.2. The number of thioether (sulfide) groups is 1. The molecule has 1 aliphatic heterocycles. The average molecular weight is 338 g/mol. The SMILES string of the molecule is CC1CCCC(C)N1C(=S)Sc1ccc([N+](=O)[O-])cc1C=O. The number of carbonyl (C=O) groups is 1. The largest absolute Gasteiger partial charge is 0.352 e. The van der Waals surface area contributed by atoms with E-state index in [-0.39, 0.29) is 5.69 Å². The van der Waals surface area contributed by atoms with Crippen LogP contribution in [0.3, 0.4) is 0 Å². The maximum Gasteiger partial charge on any atom is 0.270 e. The fourth-order valence-corrected chi connectivity index (χ4v) is 4.41. The van der Waals surface area contributed by atoms with Crippen LogP contribution >= 0.6 is 24.0 Å². The summed E-state index contributed by atoms with van der Waals surface area (Å²) in [6.45, 7) is 4.30. The lowest BCUT2D eigenvalue weighted by Crippen LogP contribution is -2.45. The molecule has 1 heterocycles. The third-order valence-corrected chi connectivity index (χ3v) is 5.37. The Kier molecular flexibility index (Phi) is 5.52. The first-order chi connectivity index (χ1) is 10.4. The Morgan fingerprint density at radius 2 is 2.05 bits per heavy atom. The molecule has 1 aliphatic rings. The van der Waals surface area contributed by atoms with Crippen LogP contribution in [0.5, 0.6) is 0 Å². The lowest BCUT2D eigenvalue weighted by Gasteiger charge is -2.40. The second-order valence-electron chi connectivity index (χ2n) is 5.50. The zero-order chi connectivity index (χ0) is 16.3. The number of non-ortho nitro benzene ring substituents is 1. The minimum atomic E-state index is -0.505. The number of likely N-dealkylation sites (tertiary alicyclic amines) is 1. The number of piperidine rings is 1. The molecule has 0 spiro atoms. The quantitative estimate of drug-likeness (QED) is 0.272. The monoisotopic (exact) mass is 338 g/mol. The molecule has 22 heavy (non-hydrogen) atoms. The van der Waals surface area contributed by atoms with Gasteiger partial charge in [0.05, 0.1) is 4.92 Å². The summed E-state index contributed by atoms with van der Waals surface area (Å²) in [5.41, 5.74) is 0.218. The van der Waals surface area contributed by atoms with Crippen LogP contribution in [0.2, 0.25) is 0 Å². The van der Waals surface area contributed by atoms with Crippen molar-refractivity contribution in [3.05, 3.63) is 33.9 Å². The number of nitro benzene ring substituents is 1. The van der Waals surface area contributed by atoms with Crippen molar-refractivity contribution in [3.63, 3.8) is 0 Å². The molecule has 1 aromatic rings. The van der Waals surface area contributed by atoms with E-state index in [2.05, 4.69) is 18.7 Å². The lowest BCUT2D eigenvalue weighted by atomic mass is 9.99. The molecule has 0 aliphatic carbocycles. The van der Waals surface area contributed by atoms with Crippen molar-refractivity contribution in [2.45, 2.75) is 50.1 Å². The molecular weight excluding hydrogens is 320 g/mol. The van der Waals surface area contributed by atoms with E-state index in [4.69, 9.17) is 12.2 Å². The number of hydrogen-bond acceptors (Lipinski definition) is 5. The van der Waals surface area contributed by atoms with Gasteiger partial charge in [0, 0.05) is 34.7 Å². The minimum absolute atomic E-state index is 0.0860. The molecule has 1 fully saturated rings. The molecule has 0 saturated carbocycles. The summed E-state index contributed by atoms with van der Waals surface area (Å²) in [6.07, 6.45) is 4.04. The Balaban J connectivity index is 2.20. The molecule has 2 unspecified atom stereocenters. The lowest BCUT2D eigenvalue weighted by molar-refractivity contribution is -0.384. The van der Waals surface area contributed by atoms with E-state index in [1.165, 1.54) is 30.3 Å². The van der Waals surface area contributed by atoms with Crippen molar-refractivity contribution in [1.82, 2.24) is 4.90 Å². The molecule has 2 atom stereocenters. The molecular formula is C15H18N2O3S2. The van der Waals surface area contributed by atoms with Gasteiger partial charge in [-0.15, -0.1) is 0 Å². The normalized spacial score (nSPS) is 21.5. The van der Waals surface area contributed by atoms with Crippen LogP contribution in [-0.2, 0) is 0 Å². The second kappa shape index (κ2) is 7.19. The summed E-state index contributed by atoms with van der Waals surface area (Å²) in [4.78, 5) is 24.3. The number of nitrogens with zero attached hydrogens (tertiary/aromatic N) is 2. The Hall–Kier alpha value is -1.47. The van der Waals surface area contributed by atoms with Gasteiger partial charge in [-0.25, -0.2) is 0 Å². The first kappa shape index (κ1) is 16.9. The maximum atomic E-state index is 11.2. The van der Waals surface area contributed by atoms with E-state index in [0.717, 1.165) is 17.2 Å². The van der Waals surface area contributed by atoms with Crippen molar-refractivity contribution in [2.75, 3.05) is 0 Å². The number of hydrogen-bond donors (Lipinski definition) is 0. The van der Waals surface area contributed by atoms with E-state index >= 15 is 0 Å². The van der Waals surface area contributed by atoms with E-state index in [1.54, 1.807) is 6.07 Å². The third-order valence-electron chi connectivity index (χ3n) is 3.93. The molecule has 0 N–H and O–H groups in total. The van der Waals surface area contributed by atoms with Crippen LogP contribution in [0.1, 0.15) is 43.5 Å². The van der Waals surface area contributed by atoms with E-state index in [0.29, 0.717) is 28.8 Å². The summed E-state index contributed by atoms with van der Waals surface area (Å²) in [5, 5.41) is 10.8. The Morgan fingerprint density at radius 3 is 2.59 bits per heavy atom. The van der Waals surface area contributed by atoms with Crippen molar-refractivity contribution >= 4 is 40.3 Å². The van der Waals surface area contributed by atoms with Gasteiger partial charge in [0.1, 0.15) is 4.32 Å². The molecule has 5 nitrogen and oxygen atoms in total. The van der Waals surface area contributed by atoms with E-state index in [9.17, 15) is 14.9 Å². The smallest absolute Gasteiger partial charge is 0.270 e. The first-order valence-corrected chi connectivity index (χ1v) is 8.40. The molecule has 0 radical (unpaired) electrons. The Bertz CT molecular complexity index is 596. The van der Waals surface area contributed by atoms with Crippen molar-refractivity contribution < 1.29 is 9.72 Å². The number of rotatable bonds is 3. The van der Waals surface area contributed by atoms with E-state index < -0.39 is 4.92 Å². The summed E-state index contributed by atoms with van der Waals surface area (Å²) in [6, 6.07) is 5.04. The van der Waals surface area contributed by atoms with Crippen LogP contribution in [0.25, 0.3) is 0 Å². The van der Waals surface area contributed by atoms with Crippen molar-refractivity contribution in [2.24, 2.45) is 0 Å². The molecule has 118 valence electrons.